The monoisotopic (exact) mass is 214 g/mol. The topological polar surface area (TPSA) is 26.7 Å². The number of nitrogens with zero attached hydrogens (tertiary/aromatic N) is 2. The third-order valence-electron chi connectivity index (χ3n) is 3.38. The summed E-state index contributed by atoms with van der Waals surface area (Å²) in [4.78, 5) is 4.69. The van der Waals surface area contributed by atoms with Crippen molar-refractivity contribution in [3.05, 3.63) is 0 Å². The number of rotatable bonds is 5. The minimum atomic E-state index is -0.519. The van der Waals surface area contributed by atoms with E-state index in [1.165, 1.54) is 12.8 Å². The van der Waals surface area contributed by atoms with Crippen LogP contribution in [0.15, 0.2) is 0 Å². The lowest BCUT2D eigenvalue weighted by Gasteiger charge is -2.33. The molecule has 2 unspecified atom stereocenters. The summed E-state index contributed by atoms with van der Waals surface area (Å²) >= 11 is 0. The third-order valence-corrected chi connectivity index (χ3v) is 3.38. The molecule has 0 aromatic carbocycles. The molecule has 90 valence electrons. The van der Waals surface area contributed by atoms with E-state index in [0.29, 0.717) is 6.04 Å². The number of likely N-dealkylation sites (N-methyl/N-ethyl adjacent to an activating group) is 1. The highest BCUT2D eigenvalue weighted by atomic mass is 16.3. The first-order chi connectivity index (χ1) is 6.94. The zero-order valence-corrected chi connectivity index (χ0v) is 10.7. The maximum absolute atomic E-state index is 10.1. The van der Waals surface area contributed by atoms with E-state index in [-0.39, 0.29) is 0 Å². The van der Waals surface area contributed by atoms with Crippen LogP contribution in [0.25, 0.3) is 0 Å². The van der Waals surface area contributed by atoms with Crippen LogP contribution in [0.1, 0.15) is 33.1 Å². The molecule has 15 heavy (non-hydrogen) atoms. The first-order valence-electron chi connectivity index (χ1n) is 6.06. The van der Waals surface area contributed by atoms with Gasteiger partial charge >= 0.3 is 0 Å². The van der Waals surface area contributed by atoms with Gasteiger partial charge in [-0.2, -0.15) is 0 Å². The van der Waals surface area contributed by atoms with Crippen molar-refractivity contribution in [3.63, 3.8) is 0 Å². The van der Waals surface area contributed by atoms with Crippen LogP contribution in [0.4, 0.5) is 0 Å². The van der Waals surface area contributed by atoms with Crippen molar-refractivity contribution in [3.8, 4) is 0 Å². The number of hydrogen-bond donors (Lipinski definition) is 1. The minimum Gasteiger partial charge on any atom is -0.389 e. The zero-order chi connectivity index (χ0) is 11.5. The van der Waals surface area contributed by atoms with Gasteiger partial charge in [0.2, 0.25) is 0 Å². The fraction of sp³-hybridized carbons (Fsp3) is 1.00. The van der Waals surface area contributed by atoms with E-state index < -0.39 is 5.60 Å². The summed E-state index contributed by atoms with van der Waals surface area (Å²) in [7, 11) is 4.24. The van der Waals surface area contributed by atoms with Gasteiger partial charge in [-0.25, -0.2) is 0 Å². The lowest BCUT2D eigenvalue weighted by Crippen LogP contribution is -2.45. The van der Waals surface area contributed by atoms with E-state index >= 15 is 0 Å². The van der Waals surface area contributed by atoms with Crippen LogP contribution in [0, 0.1) is 0 Å². The van der Waals surface area contributed by atoms with Crippen molar-refractivity contribution >= 4 is 0 Å². The lowest BCUT2D eigenvalue weighted by atomic mass is 10.0. The van der Waals surface area contributed by atoms with Crippen LogP contribution >= 0.6 is 0 Å². The van der Waals surface area contributed by atoms with Crippen LogP contribution in [0.5, 0.6) is 0 Å². The average Bonchev–Trinajstić information content (AvgIpc) is 2.51. The Morgan fingerprint density at radius 2 is 2.13 bits per heavy atom. The van der Waals surface area contributed by atoms with Crippen LogP contribution in [0.3, 0.4) is 0 Å². The highest BCUT2D eigenvalue weighted by molar-refractivity contribution is 4.86. The summed E-state index contributed by atoms with van der Waals surface area (Å²) in [6, 6.07) is 0.637. The van der Waals surface area contributed by atoms with E-state index in [2.05, 4.69) is 30.8 Å². The highest BCUT2D eigenvalue weighted by Crippen LogP contribution is 2.21. The van der Waals surface area contributed by atoms with Gasteiger partial charge in [0.05, 0.1) is 5.60 Å². The van der Waals surface area contributed by atoms with Gasteiger partial charge in [0.1, 0.15) is 0 Å². The van der Waals surface area contributed by atoms with Gasteiger partial charge in [-0.05, 0) is 46.8 Å². The molecule has 0 saturated carbocycles. The normalized spacial score (nSPS) is 27.2. The van der Waals surface area contributed by atoms with Crippen molar-refractivity contribution in [2.45, 2.75) is 44.8 Å². The van der Waals surface area contributed by atoms with Crippen LogP contribution in [0.2, 0.25) is 0 Å². The molecule has 0 bridgehead atoms. The second-order valence-corrected chi connectivity index (χ2v) is 5.38. The molecule has 3 heteroatoms. The van der Waals surface area contributed by atoms with Crippen LogP contribution in [-0.4, -0.2) is 60.3 Å². The van der Waals surface area contributed by atoms with Crippen molar-refractivity contribution in [1.82, 2.24) is 9.80 Å². The molecule has 1 heterocycles. The SMILES string of the molecule is CCC(C)(O)CN1CCCC1CN(C)C. The number of hydrogen-bond acceptors (Lipinski definition) is 3. The molecule has 0 aromatic heterocycles. The van der Waals surface area contributed by atoms with Gasteiger partial charge in [0.15, 0.2) is 0 Å². The molecular formula is C12H26N2O. The Balaban J connectivity index is 2.46. The maximum atomic E-state index is 10.1. The molecule has 2 atom stereocenters. The van der Waals surface area contributed by atoms with Gasteiger partial charge in [-0.3, -0.25) is 4.90 Å². The predicted molar refractivity (Wildman–Crippen MR) is 64.1 cm³/mol. The molecule has 3 nitrogen and oxygen atoms in total. The molecule has 0 aliphatic carbocycles. The average molecular weight is 214 g/mol. The van der Waals surface area contributed by atoms with E-state index in [1.807, 2.05) is 6.92 Å². The quantitative estimate of drug-likeness (QED) is 0.744. The largest absolute Gasteiger partial charge is 0.389 e. The Morgan fingerprint density at radius 3 is 2.67 bits per heavy atom. The molecule has 1 fully saturated rings. The molecule has 1 saturated heterocycles. The second kappa shape index (κ2) is 5.28. The Kier molecular flexibility index (Phi) is 4.56. The summed E-state index contributed by atoms with van der Waals surface area (Å²) in [6.45, 7) is 7.07. The predicted octanol–water partition coefficient (Wildman–Crippen LogP) is 1.17. The van der Waals surface area contributed by atoms with Crippen LogP contribution in [-0.2, 0) is 0 Å². The number of likely N-dealkylation sites (tertiary alicyclic amines) is 1. The van der Waals surface area contributed by atoms with Gasteiger partial charge < -0.3 is 10.0 Å². The number of β-amino-alcohol motifs (C(OH)–C–C–N with tert-alkyl or cyclic N) is 1. The van der Waals surface area contributed by atoms with E-state index in [0.717, 1.165) is 26.1 Å². The van der Waals surface area contributed by atoms with Crippen molar-refractivity contribution in [2.75, 3.05) is 33.7 Å². The molecule has 0 amide bonds. The van der Waals surface area contributed by atoms with E-state index in [9.17, 15) is 5.11 Å². The van der Waals surface area contributed by atoms with E-state index in [1.54, 1.807) is 0 Å². The lowest BCUT2D eigenvalue weighted by molar-refractivity contribution is 0.0100. The molecule has 0 spiro atoms. The summed E-state index contributed by atoms with van der Waals surface area (Å²) < 4.78 is 0. The highest BCUT2D eigenvalue weighted by Gasteiger charge is 2.30. The van der Waals surface area contributed by atoms with Gasteiger partial charge in [-0.1, -0.05) is 6.92 Å². The summed E-state index contributed by atoms with van der Waals surface area (Å²) in [5, 5.41) is 10.1. The molecule has 1 aliphatic heterocycles. The molecular weight excluding hydrogens is 188 g/mol. The minimum absolute atomic E-state index is 0.519. The van der Waals surface area contributed by atoms with Crippen LogP contribution < -0.4 is 0 Å². The fourth-order valence-corrected chi connectivity index (χ4v) is 2.28. The fourth-order valence-electron chi connectivity index (χ4n) is 2.28. The summed E-state index contributed by atoms with van der Waals surface area (Å²) in [5.41, 5.74) is -0.519. The van der Waals surface area contributed by atoms with Gasteiger partial charge in [0, 0.05) is 19.1 Å². The summed E-state index contributed by atoms with van der Waals surface area (Å²) in [5.74, 6) is 0. The Bertz CT molecular complexity index is 192. The van der Waals surface area contributed by atoms with Crippen molar-refractivity contribution in [2.24, 2.45) is 0 Å². The summed E-state index contributed by atoms with van der Waals surface area (Å²) in [6.07, 6.45) is 3.38. The molecule has 1 rings (SSSR count). The first kappa shape index (κ1) is 12.9. The number of aliphatic hydroxyl groups is 1. The van der Waals surface area contributed by atoms with Crippen molar-refractivity contribution in [1.29, 1.82) is 0 Å². The standard InChI is InChI=1S/C12H26N2O/c1-5-12(2,15)10-14-8-6-7-11(14)9-13(3)4/h11,15H,5-10H2,1-4H3. The van der Waals surface area contributed by atoms with Crippen molar-refractivity contribution < 1.29 is 5.11 Å². The third kappa shape index (κ3) is 4.09. The first-order valence-corrected chi connectivity index (χ1v) is 6.06. The Morgan fingerprint density at radius 1 is 1.47 bits per heavy atom. The molecule has 1 aliphatic rings. The molecule has 0 radical (unpaired) electrons. The maximum Gasteiger partial charge on any atom is 0.0743 e. The Labute approximate surface area is 94.1 Å². The Hall–Kier alpha value is -0.120. The second-order valence-electron chi connectivity index (χ2n) is 5.38. The smallest absolute Gasteiger partial charge is 0.0743 e. The molecule has 0 aromatic rings. The van der Waals surface area contributed by atoms with E-state index in [4.69, 9.17) is 0 Å². The van der Waals surface area contributed by atoms with Gasteiger partial charge in [0.25, 0.3) is 0 Å². The van der Waals surface area contributed by atoms with Gasteiger partial charge in [-0.15, -0.1) is 0 Å². The zero-order valence-electron chi connectivity index (χ0n) is 10.7. The molecule has 1 N–H and O–H groups in total.